The van der Waals surface area contributed by atoms with Gasteiger partial charge in [-0.3, -0.25) is 4.98 Å². The van der Waals surface area contributed by atoms with E-state index in [1.165, 1.54) is 0 Å². The SMILES string of the molecule is O=C(CCc1ccccn1)On1cccn1. The Morgan fingerprint density at radius 1 is 1.31 bits per heavy atom. The zero-order valence-electron chi connectivity index (χ0n) is 8.61. The number of carbonyl (C=O) groups is 1. The van der Waals surface area contributed by atoms with Gasteiger partial charge in [0.15, 0.2) is 0 Å². The molecule has 0 aliphatic carbocycles. The first-order valence-electron chi connectivity index (χ1n) is 4.95. The number of aromatic nitrogens is 3. The minimum Gasteiger partial charge on any atom is -0.319 e. The molecule has 5 nitrogen and oxygen atoms in total. The number of rotatable bonds is 4. The highest BCUT2D eigenvalue weighted by Gasteiger charge is 2.05. The summed E-state index contributed by atoms with van der Waals surface area (Å²) in [4.78, 5) is 21.5. The first-order valence-corrected chi connectivity index (χ1v) is 4.95. The van der Waals surface area contributed by atoms with Crippen molar-refractivity contribution in [1.82, 2.24) is 14.9 Å². The van der Waals surface area contributed by atoms with Gasteiger partial charge in [0.2, 0.25) is 0 Å². The lowest BCUT2D eigenvalue weighted by Gasteiger charge is -2.02. The number of carbonyl (C=O) groups excluding carboxylic acids is 1. The molecule has 0 atom stereocenters. The van der Waals surface area contributed by atoms with E-state index in [2.05, 4.69) is 10.1 Å². The van der Waals surface area contributed by atoms with E-state index >= 15 is 0 Å². The molecule has 0 aliphatic rings. The number of hydrogen-bond donors (Lipinski definition) is 0. The highest BCUT2D eigenvalue weighted by molar-refractivity contribution is 5.69. The van der Waals surface area contributed by atoms with Crippen molar-refractivity contribution in [3.63, 3.8) is 0 Å². The summed E-state index contributed by atoms with van der Waals surface area (Å²) >= 11 is 0. The number of aryl methyl sites for hydroxylation is 1. The van der Waals surface area contributed by atoms with Gasteiger partial charge in [-0.25, -0.2) is 4.79 Å². The van der Waals surface area contributed by atoms with Gasteiger partial charge in [0, 0.05) is 18.3 Å². The van der Waals surface area contributed by atoms with Crippen molar-refractivity contribution in [3.8, 4) is 0 Å². The molecule has 82 valence electrons. The van der Waals surface area contributed by atoms with E-state index in [0.717, 1.165) is 10.5 Å². The van der Waals surface area contributed by atoms with Gasteiger partial charge in [-0.2, -0.15) is 0 Å². The maximum atomic E-state index is 11.4. The minimum atomic E-state index is -0.325. The van der Waals surface area contributed by atoms with Crippen LogP contribution in [-0.4, -0.2) is 20.9 Å². The third kappa shape index (κ3) is 2.91. The van der Waals surface area contributed by atoms with Gasteiger partial charge in [-0.05, 0) is 18.2 Å². The molecule has 0 aromatic carbocycles. The summed E-state index contributed by atoms with van der Waals surface area (Å²) in [6.07, 6.45) is 5.68. The van der Waals surface area contributed by atoms with Crippen LogP contribution in [0.15, 0.2) is 42.9 Å². The second kappa shape index (κ2) is 5.06. The highest BCUT2D eigenvalue weighted by Crippen LogP contribution is 1.98. The van der Waals surface area contributed by atoms with Gasteiger partial charge in [0.1, 0.15) is 0 Å². The average molecular weight is 217 g/mol. The first kappa shape index (κ1) is 10.4. The summed E-state index contributed by atoms with van der Waals surface area (Å²) < 4.78 is 0. The lowest BCUT2D eigenvalue weighted by Crippen LogP contribution is -2.20. The topological polar surface area (TPSA) is 57.0 Å². The fourth-order valence-electron chi connectivity index (χ4n) is 1.23. The van der Waals surface area contributed by atoms with E-state index < -0.39 is 0 Å². The van der Waals surface area contributed by atoms with E-state index in [0.29, 0.717) is 6.42 Å². The van der Waals surface area contributed by atoms with Crippen LogP contribution in [0.3, 0.4) is 0 Å². The maximum Gasteiger partial charge on any atom is 0.335 e. The van der Waals surface area contributed by atoms with Gasteiger partial charge in [0.25, 0.3) is 0 Å². The minimum absolute atomic E-state index is 0.289. The van der Waals surface area contributed by atoms with Crippen LogP contribution < -0.4 is 4.84 Å². The predicted molar refractivity (Wildman–Crippen MR) is 56.4 cm³/mol. The molecule has 0 fully saturated rings. The third-order valence-electron chi connectivity index (χ3n) is 1.99. The summed E-state index contributed by atoms with van der Waals surface area (Å²) in [6.45, 7) is 0. The van der Waals surface area contributed by atoms with Crippen LogP contribution in [0.5, 0.6) is 0 Å². The molecule has 0 spiro atoms. The molecule has 0 unspecified atom stereocenters. The molecule has 0 radical (unpaired) electrons. The molecule has 2 aromatic rings. The van der Waals surface area contributed by atoms with Crippen molar-refractivity contribution >= 4 is 5.97 Å². The molecule has 2 rings (SSSR count). The smallest absolute Gasteiger partial charge is 0.319 e. The van der Waals surface area contributed by atoms with Crippen molar-refractivity contribution in [1.29, 1.82) is 0 Å². The molecule has 0 aliphatic heterocycles. The van der Waals surface area contributed by atoms with E-state index in [9.17, 15) is 4.79 Å². The summed E-state index contributed by atoms with van der Waals surface area (Å²) in [5.41, 5.74) is 0.875. The average Bonchev–Trinajstić information content (AvgIpc) is 2.81. The Morgan fingerprint density at radius 3 is 2.94 bits per heavy atom. The highest BCUT2D eigenvalue weighted by atomic mass is 16.7. The van der Waals surface area contributed by atoms with E-state index in [1.807, 2.05) is 18.2 Å². The van der Waals surface area contributed by atoms with Gasteiger partial charge in [-0.1, -0.05) is 10.9 Å². The molecular formula is C11H11N3O2. The normalized spacial score (nSPS) is 10.0. The molecular weight excluding hydrogens is 206 g/mol. The summed E-state index contributed by atoms with van der Waals surface area (Å²) in [6, 6.07) is 7.29. The van der Waals surface area contributed by atoms with E-state index in [1.54, 1.807) is 24.7 Å². The number of nitrogens with zero attached hydrogens (tertiary/aromatic N) is 3. The Labute approximate surface area is 92.6 Å². The van der Waals surface area contributed by atoms with Crippen LogP contribution in [0.25, 0.3) is 0 Å². The zero-order chi connectivity index (χ0) is 11.2. The van der Waals surface area contributed by atoms with Crippen LogP contribution in [0.4, 0.5) is 0 Å². The molecule has 2 aromatic heterocycles. The molecule has 0 amide bonds. The Balaban J connectivity index is 1.80. The summed E-state index contributed by atoms with van der Waals surface area (Å²) in [5.74, 6) is -0.325. The molecule has 0 N–H and O–H groups in total. The second-order valence-corrected chi connectivity index (χ2v) is 3.19. The number of hydrogen-bond acceptors (Lipinski definition) is 4. The van der Waals surface area contributed by atoms with E-state index in [-0.39, 0.29) is 12.4 Å². The standard InChI is InChI=1S/C11H11N3O2/c15-11(16-14-9-3-8-13-14)6-5-10-4-1-2-7-12-10/h1-4,7-9H,5-6H2. The molecule has 0 bridgehead atoms. The fourth-order valence-corrected chi connectivity index (χ4v) is 1.23. The van der Waals surface area contributed by atoms with Gasteiger partial charge < -0.3 is 4.84 Å². The second-order valence-electron chi connectivity index (χ2n) is 3.19. The zero-order valence-corrected chi connectivity index (χ0v) is 8.61. The van der Waals surface area contributed by atoms with Crippen LogP contribution in [-0.2, 0) is 11.2 Å². The van der Waals surface area contributed by atoms with Crippen molar-refractivity contribution < 1.29 is 9.63 Å². The van der Waals surface area contributed by atoms with Gasteiger partial charge in [0.05, 0.1) is 18.8 Å². The molecule has 16 heavy (non-hydrogen) atoms. The Bertz CT molecular complexity index is 440. The predicted octanol–water partition coefficient (Wildman–Crippen LogP) is 0.866. The molecule has 0 saturated carbocycles. The Hall–Kier alpha value is -2.17. The van der Waals surface area contributed by atoms with Crippen molar-refractivity contribution in [2.75, 3.05) is 0 Å². The Morgan fingerprint density at radius 2 is 2.25 bits per heavy atom. The first-order chi connectivity index (χ1) is 7.84. The van der Waals surface area contributed by atoms with Crippen molar-refractivity contribution in [2.45, 2.75) is 12.8 Å². The van der Waals surface area contributed by atoms with Crippen molar-refractivity contribution in [3.05, 3.63) is 48.5 Å². The molecule has 5 heteroatoms. The van der Waals surface area contributed by atoms with Crippen LogP contribution in [0, 0.1) is 0 Å². The molecule has 2 heterocycles. The maximum absolute atomic E-state index is 11.4. The largest absolute Gasteiger partial charge is 0.335 e. The lowest BCUT2D eigenvalue weighted by atomic mass is 10.2. The lowest BCUT2D eigenvalue weighted by molar-refractivity contribution is -0.145. The van der Waals surface area contributed by atoms with Crippen LogP contribution in [0.1, 0.15) is 12.1 Å². The van der Waals surface area contributed by atoms with Crippen LogP contribution in [0.2, 0.25) is 0 Å². The third-order valence-corrected chi connectivity index (χ3v) is 1.99. The summed E-state index contributed by atoms with van der Waals surface area (Å²) in [5, 5.41) is 3.77. The quantitative estimate of drug-likeness (QED) is 0.762. The van der Waals surface area contributed by atoms with E-state index in [4.69, 9.17) is 4.84 Å². The van der Waals surface area contributed by atoms with Gasteiger partial charge >= 0.3 is 5.97 Å². The van der Waals surface area contributed by atoms with Gasteiger partial charge in [-0.15, -0.1) is 5.10 Å². The molecule has 0 saturated heterocycles. The fraction of sp³-hybridized carbons (Fsp3) is 0.182. The summed E-state index contributed by atoms with van der Waals surface area (Å²) in [7, 11) is 0. The van der Waals surface area contributed by atoms with Crippen LogP contribution >= 0.6 is 0 Å². The van der Waals surface area contributed by atoms with Crippen molar-refractivity contribution in [2.24, 2.45) is 0 Å². The number of pyridine rings is 1. The monoisotopic (exact) mass is 217 g/mol. The Kier molecular flexibility index (Phi) is 3.28.